The average molecular weight is 406 g/mol. The van der Waals surface area contributed by atoms with Crippen molar-refractivity contribution in [3.05, 3.63) is 59.7 Å². The number of carboxylic acid groups (broad SMARTS) is 1. The summed E-state index contributed by atoms with van der Waals surface area (Å²) in [5.74, 6) is -0.274. The molecule has 30 heavy (non-hydrogen) atoms. The number of amides is 2. The Morgan fingerprint density at radius 2 is 1.90 bits per heavy atom. The Balaban J connectivity index is 1.30. The van der Waals surface area contributed by atoms with Crippen LogP contribution in [-0.2, 0) is 16.1 Å². The van der Waals surface area contributed by atoms with Crippen molar-refractivity contribution in [3.8, 4) is 11.5 Å². The van der Waals surface area contributed by atoms with Crippen LogP contribution in [0.25, 0.3) is 0 Å². The van der Waals surface area contributed by atoms with E-state index in [9.17, 15) is 19.5 Å². The molecule has 2 aromatic rings. The molecule has 2 aromatic carbocycles. The average Bonchev–Trinajstić information content (AvgIpc) is 3.14. The van der Waals surface area contributed by atoms with Crippen molar-refractivity contribution in [2.24, 2.45) is 5.41 Å². The zero-order chi connectivity index (χ0) is 21.0. The maximum absolute atomic E-state index is 12.9. The molecule has 0 aromatic heterocycles. The molecule has 3 atom stereocenters. The van der Waals surface area contributed by atoms with Gasteiger partial charge in [0.25, 0.3) is 5.91 Å². The standard InChI is InChI=1S/C23H22N2O5/c1-23-10-18(22(28)29)25(19(23)11-23)20(26)13-24-12-14-7-8-16(9-17(14)21(24)27)30-15-5-3-2-4-6-15/h2-9,18-19H,10-13H2,1H3,(H,28,29)/t18-,19-,23+/m0/s1. The molecule has 0 radical (unpaired) electrons. The Morgan fingerprint density at radius 1 is 1.13 bits per heavy atom. The van der Waals surface area contributed by atoms with E-state index in [0.29, 0.717) is 30.0 Å². The molecule has 2 fully saturated rings. The molecule has 1 aliphatic carbocycles. The topological polar surface area (TPSA) is 87.2 Å². The summed E-state index contributed by atoms with van der Waals surface area (Å²) in [6.07, 6.45) is 1.31. The number of fused-ring (bicyclic) bond motifs is 2. The minimum Gasteiger partial charge on any atom is -0.480 e. The number of likely N-dealkylation sites (tertiary alicyclic amines) is 1. The minimum atomic E-state index is -0.976. The van der Waals surface area contributed by atoms with Gasteiger partial charge in [0.2, 0.25) is 5.91 Å². The van der Waals surface area contributed by atoms with E-state index in [0.717, 1.165) is 12.0 Å². The lowest BCUT2D eigenvalue weighted by atomic mass is 10.0. The van der Waals surface area contributed by atoms with E-state index < -0.39 is 12.0 Å². The zero-order valence-corrected chi connectivity index (χ0v) is 16.6. The predicted octanol–water partition coefficient (Wildman–Crippen LogP) is 2.90. The largest absolute Gasteiger partial charge is 0.480 e. The number of ether oxygens (including phenoxy) is 1. The van der Waals surface area contributed by atoms with Gasteiger partial charge in [-0.1, -0.05) is 31.2 Å². The zero-order valence-electron chi connectivity index (χ0n) is 16.6. The molecular formula is C23H22N2O5. The van der Waals surface area contributed by atoms with E-state index in [2.05, 4.69) is 0 Å². The molecule has 3 aliphatic rings. The first kappa shape index (κ1) is 18.7. The third-order valence-electron chi connectivity index (χ3n) is 6.47. The number of carbonyl (C=O) groups excluding carboxylic acids is 2. The molecule has 2 aliphatic heterocycles. The Labute approximate surface area is 173 Å². The number of piperidine rings is 1. The van der Waals surface area contributed by atoms with Crippen LogP contribution in [0.15, 0.2) is 48.5 Å². The molecule has 2 amide bonds. The van der Waals surface area contributed by atoms with Crippen LogP contribution in [0.1, 0.15) is 35.7 Å². The van der Waals surface area contributed by atoms with Gasteiger partial charge in [-0.3, -0.25) is 9.59 Å². The highest BCUT2D eigenvalue weighted by molar-refractivity contribution is 6.01. The number of rotatable bonds is 5. The van der Waals surface area contributed by atoms with E-state index in [4.69, 9.17) is 4.74 Å². The normalized spacial score (nSPS) is 26.4. The molecule has 7 nitrogen and oxygen atoms in total. The monoisotopic (exact) mass is 406 g/mol. The molecule has 0 unspecified atom stereocenters. The Bertz CT molecular complexity index is 1050. The first-order chi connectivity index (χ1) is 14.4. The van der Waals surface area contributed by atoms with Crippen LogP contribution < -0.4 is 4.74 Å². The van der Waals surface area contributed by atoms with Crippen molar-refractivity contribution < 1.29 is 24.2 Å². The van der Waals surface area contributed by atoms with Gasteiger partial charge in [-0.25, -0.2) is 4.79 Å². The highest BCUT2D eigenvalue weighted by atomic mass is 16.5. The van der Waals surface area contributed by atoms with Gasteiger partial charge in [-0.2, -0.15) is 0 Å². The van der Waals surface area contributed by atoms with Crippen molar-refractivity contribution in [1.29, 1.82) is 0 Å². The van der Waals surface area contributed by atoms with Crippen molar-refractivity contribution in [3.63, 3.8) is 0 Å². The summed E-state index contributed by atoms with van der Waals surface area (Å²) >= 11 is 0. The molecule has 2 heterocycles. The molecule has 0 spiro atoms. The van der Waals surface area contributed by atoms with Crippen LogP contribution in [0.2, 0.25) is 0 Å². The van der Waals surface area contributed by atoms with Gasteiger partial charge in [0.1, 0.15) is 24.1 Å². The number of para-hydroxylation sites is 1. The third kappa shape index (κ3) is 3.01. The number of carbonyl (C=O) groups is 3. The fourth-order valence-electron chi connectivity index (χ4n) is 4.75. The van der Waals surface area contributed by atoms with E-state index in [-0.39, 0.29) is 29.8 Å². The minimum absolute atomic E-state index is 0.0305. The fourth-order valence-corrected chi connectivity index (χ4v) is 4.75. The number of hydrogen-bond acceptors (Lipinski definition) is 4. The van der Waals surface area contributed by atoms with Crippen LogP contribution in [0.5, 0.6) is 11.5 Å². The first-order valence-corrected chi connectivity index (χ1v) is 10.0. The Hall–Kier alpha value is -3.35. The maximum Gasteiger partial charge on any atom is 0.326 e. The Morgan fingerprint density at radius 3 is 2.63 bits per heavy atom. The summed E-state index contributed by atoms with van der Waals surface area (Å²) in [7, 11) is 0. The Kier molecular flexibility index (Phi) is 4.10. The van der Waals surface area contributed by atoms with Crippen LogP contribution in [0, 0.1) is 5.41 Å². The van der Waals surface area contributed by atoms with Gasteiger partial charge in [0.15, 0.2) is 0 Å². The third-order valence-corrected chi connectivity index (χ3v) is 6.47. The fraction of sp³-hybridized carbons (Fsp3) is 0.348. The second-order valence-electron chi connectivity index (χ2n) is 8.63. The van der Waals surface area contributed by atoms with Crippen LogP contribution in [0.4, 0.5) is 0 Å². The molecule has 5 rings (SSSR count). The van der Waals surface area contributed by atoms with Crippen molar-refractivity contribution in [2.75, 3.05) is 6.54 Å². The highest BCUT2D eigenvalue weighted by Gasteiger charge is 2.64. The quantitative estimate of drug-likeness (QED) is 0.825. The summed E-state index contributed by atoms with van der Waals surface area (Å²) < 4.78 is 5.81. The van der Waals surface area contributed by atoms with Gasteiger partial charge in [0, 0.05) is 18.2 Å². The number of carboxylic acids is 1. The second kappa shape index (κ2) is 6.58. The van der Waals surface area contributed by atoms with Crippen LogP contribution in [0.3, 0.4) is 0 Å². The molecule has 7 heteroatoms. The van der Waals surface area contributed by atoms with Gasteiger partial charge < -0.3 is 19.6 Å². The molecule has 154 valence electrons. The van der Waals surface area contributed by atoms with E-state index in [1.165, 1.54) is 9.80 Å². The number of hydrogen-bond donors (Lipinski definition) is 1. The van der Waals surface area contributed by atoms with Gasteiger partial charge in [0.05, 0.1) is 0 Å². The van der Waals surface area contributed by atoms with Crippen molar-refractivity contribution in [2.45, 2.75) is 38.4 Å². The first-order valence-electron chi connectivity index (χ1n) is 10.0. The smallest absolute Gasteiger partial charge is 0.326 e. The number of aliphatic carboxylic acids is 1. The van der Waals surface area contributed by atoms with Crippen LogP contribution in [-0.4, -0.2) is 51.3 Å². The lowest BCUT2D eigenvalue weighted by molar-refractivity contribution is -0.149. The van der Waals surface area contributed by atoms with Crippen LogP contribution >= 0.6 is 0 Å². The summed E-state index contributed by atoms with van der Waals surface area (Å²) in [6, 6.07) is 13.8. The summed E-state index contributed by atoms with van der Waals surface area (Å²) in [4.78, 5) is 40.4. The molecule has 1 saturated carbocycles. The lowest BCUT2D eigenvalue weighted by Crippen LogP contribution is -2.47. The molecule has 1 N–H and O–H groups in total. The van der Waals surface area contributed by atoms with Crippen molar-refractivity contribution >= 4 is 17.8 Å². The van der Waals surface area contributed by atoms with E-state index in [1.807, 2.05) is 43.3 Å². The predicted molar refractivity (Wildman–Crippen MR) is 107 cm³/mol. The second-order valence-corrected chi connectivity index (χ2v) is 8.63. The lowest BCUT2D eigenvalue weighted by Gasteiger charge is -2.26. The number of nitrogens with zero attached hydrogens (tertiary/aromatic N) is 2. The summed E-state index contributed by atoms with van der Waals surface area (Å²) in [5.41, 5.74) is 1.25. The van der Waals surface area contributed by atoms with E-state index in [1.54, 1.807) is 12.1 Å². The van der Waals surface area contributed by atoms with Crippen molar-refractivity contribution in [1.82, 2.24) is 9.80 Å². The molecular weight excluding hydrogens is 384 g/mol. The van der Waals surface area contributed by atoms with Gasteiger partial charge >= 0.3 is 5.97 Å². The number of benzene rings is 2. The molecule has 0 bridgehead atoms. The SMILES string of the molecule is C[C@@]12C[C@@H]1N(C(=O)CN1Cc3ccc(Oc4ccccc4)cc3C1=O)[C@H](C(=O)O)C2. The maximum atomic E-state index is 12.9. The van der Waals surface area contributed by atoms with Gasteiger partial charge in [-0.15, -0.1) is 0 Å². The van der Waals surface area contributed by atoms with E-state index >= 15 is 0 Å². The highest BCUT2D eigenvalue weighted by Crippen LogP contribution is 2.59. The molecule has 1 saturated heterocycles. The summed E-state index contributed by atoms with van der Waals surface area (Å²) in [6.45, 7) is 2.24. The van der Waals surface area contributed by atoms with Gasteiger partial charge in [-0.05, 0) is 48.1 Å². The summed E-state index contributed by atoms with van der Waals surface area (Å²) in [5, 5.41) is 9.50.